The van der Waals surface area contributed by atoms with E-state index in [0.717, 1.165) is 31.4 Å². The topological polar surface area (TPSA) is 88.6 Å². The predicted molar refractivity (Wildman–Crippen MR) is 114 cm³/mol. The fourth-order valence-electron chi connectivity index (χ4n) is 5.35. The van der Waals surface area contributed by atoms with Crippen molar-refractivity contribution >= 4 is 22.6 Å². The number of aromatic nitrogens is 1. The van der Waals surface area contributed by atoms with E-state index in [4.69, 9.17) is 5.73 Å². The maximum absolute atomic E-state index is 15.5. The van der Waals surface area contributed by atoms with Gasteiger partial charge < -0.3 is 20.3 Å². The summed E-state index contributed by atoms with van der Waals surface area (Å²) >= 11 is 0. The van der Waals surface area contributed by atoms with E-state index in [0.29, 0.717) is 30.1 Å². The number of carbonyl (C=O) groups is 1. The Hall–Kier alpha value is -2.67. The molecule has 0 radical (unpaired) electrons. The van der Waals surface area contributed by atoms with Gasteiger partial charge >= 0.3 is 5.97 Å². The number of carboxylic acid groups (broad SMARTS) is 1. The molecule has 0 bridgehead atoms. The summed E-state index contributed by atoms with van der Waals surface area (Å²) in [6, 6.07) is 1.39. The monoisotopic (exact) mass is 411 g/mol. The summed E-state index contributed by atoms with van der Waals surface area (Å²) < 4.78 is 17.4. The van der Waals surface area contributed by atoms with Crippen molar-refractivity contribution in [3.63, 3.8) is 0 Å². The number of benzene rings is 1. The average molecular weight is 411 g/mol. The minimum absolute atomic E-state index is 0.0230. The summed E-state index contributed by atoms with van der Waals surface area (Å²) in [4.78, 5) is 26.6. The molecule has 30 heavy (non-hydrogen) atoms. The van der Waals surface area contributed by atoms with Crippen molar-refractivity contribution in [2.45, 2.75) is 44.7 Å². The van der Waals surface area contributed by atoms with Crippen LogP contribution in [-0.2, 0) is 6.42 Å². The lowest BCUT2D eigenvalue weighted by Gasteiger charge is -2.26. The van der Waals surface area contributed by atoms with Crippen LogP contribution in [0.4, 0.5) is 10.1 Å². The minimum atomic E-state index is -1.27. The Labute approximate surface area is 173 Å². The zero-order chi connectivity index (χ0) is 21.2. The second-order valence-electron chi connectivity index (χ2n) is 8.82. The first-order valence-electron chi connectivity index (χ1n) is 10.7. The molecule has 2 aromatic rings. The van der Waals surface area contributed by atoms with Gasteiger partial charge in [-0.05, 0) is 43.6 Å². The van der Waals surface area contributed by atoms with Crippen LogP contribution in [0, 0.1) is 17.7 Å². The lowest BCUT2D eigenvalue weighted by molar-refractivity contribution is 0.0695. The molecule has 3 aliphatic rings. The molecule has 2 aliphatic carbocycles. The number of aryl methyl sites for hydroxylation is 1. The molecule has 2 heterocycles. The van der Waals surface area contributed by atoms with E-state index < -0.39 is 17.2 Å². The van der Waals surface area contributed by atoms with Gasteiger partial charge in [0.25, 0.3) is 0 Å². The average Bonchev–Trinajstić information content (AvgIpc) is 3.46. The van der Waals surface area contributed by atoms with Crippen molar-refractivity contribution in [1.29, 1.82) is 0 Å². The van der Waals surface area contributed by atoms with Crippen molar-refractivity contribution in [1.82, 2.24) is 4.57 Å². The summed E-state index contributed by atoms with van der Waals surface area (Å²) in [5, 5.41) is 9.65. The van der Waals surface area contributed by atoms with Gasteiger partial charge in [0.1, 0.15) is 11.4 Å². The number of anilines is 1. The van der Waals surface area contributed by atoms with Crippen LogP contribution in [0.3, 0.4) is 0 Å². The van der Waals surface area contributed by atoms with Crippen LogP contribution in [0.2, 0.25) is 0 Å². The molecule has 7 heteroatoms. The third-order valence-corrected chi connectivity index (χ3v) is 6.96. The van der Waals surface area contributed by atoms with Gasteiger partial charge in [-0.3, -0.25) is 4.79 Å². The first kappa shape index (κ1) is 19.3. The molecule has 3 N–H and O–H groups in total. The Balaban J connectivity index is 1.72. The molecule has 3 atom stereocenters. The molecule has 0 amide bonds. The van der Waals surface area contributed by atoms with Crippen molar-refractivity contribution in [2.24, 2.45) is 17.6 Å². The fourth-order valence-corrected chi connectivity index (χ4v) is 5.35. The van der Waals surface area contributed by atoms with Gasteiger partial charge in [-0.15, -0.1) is 0 Å². The molecular weight excluding hydrogens is 385 g/mol. The van der Waals surface area contributed by atoms with Gasteiger partial charge in [-0.1, -0.05) is 19.1 Å². The van der Waals surface area contributed by atoms with Gasteiger partial charge in [0.2, 0.25) is 5.43 Å². The Morgan fingerprint density at radius 2 is 2.10 bits per heavy atom. The second-order valence-corrected chi connectivity index (χ2v) is 8.82. The quantitative estimate of drug-likeness (QED) is 0.755. The SMILES string of the molecule is CCc1c(N2C[C@H]3CC=CC(N)[C@H]3C2)c(F)cc2c(=O)c(C(=O)O)cn(C3CC3)c12. The maximum atomic E-state index is 15.5. The maximum Gasteiger partial charge on any atom is 0.341 e. The molecule has 1 saturated carbocycles. The molecule has 6 nitrogen and oxygen atoms in total. The molecule has 1 unspecified atom stereocenters. The minimum Gasteiger partial charge on any atom is -0.477 e. The zero-order valence-electron chi connectivity index (χ0n) is 17.0. The van der Waals surface area contributed by atoms with Gasteiger partial charge in [0.15, 0.2) is 0 Å². The fraction of sp³-hybridized carbons (Fsp3) is 0.478. The number of pyridine rings is 1. The van der Waals surface area contributed by atoms with Crippen LogP contribution in [0.5, 0.6) is 0 Å². The van der Waals surface area contributed by atoms with Crippen LogP contribution in [0.25, 0.3) is 10.9 Å². The third-order valence-electron chi connectivity index (χ3n) is 6.96. The molecule has 158 valence electrons. The normalized spacial score (nSPS) is 25.7. The van der Waals surface area contributed by atoms with Gasteiger partial charge in [0.05, 0.1) is 11.2 Å². The Bertz CT molecular complexity index is 1130. The van der Waals surface area contributed by atoms with Crippen molar-refractivity contribution < 1.29 is 14.3 Å². The van der Waals surface area contributed by atoms with E-state index >= 15 is 4.39 Å². The number of allylic oxidation sites excluding steroid dienone is 1. The Kier molecular flexibility index (Phi) is 4.47. The smallest absolute Gasteiger partial charge is 0.341 e. The number of carboxylic acids is 1. The molecule has 2 fully saturated rings. The summed E-state index contributed by atoms with van der Waals surface area (Å²) in [5.74, 6) is -1.05. The number of halogens is 1. The molecule has 5 rings (SSSR count). The number of nitrogens with two attached hydrogens (primary N) is 1. The molecule has 1 aromatic carbocycles. The summed E-state index contributed by atoms with van der Waals surface area (Å²) in [6.07, 6.45) is 8.97. The van der Waals surface area contributed by atoms with E-state index in [1.54, 1.807) is 0 Å². The van der Waals surface area contributed by atoms with Gasteiger partial charge in [0, 0.05) is 42.3 Å². The summed E-state index contributed by atoms with van der Waals surface area (Å²) in [7, 11) is 0. The van der Waals surface area contributed by atoms with Crippen LogP contribution in [-0.4, -0.2) is 34.8 Å². The predicted octanol–water partition coefficient (Wildman–Crippen LogP) is 3.08. The summed E-state index contributed by atoms with van der Waals surface area (Å²) in [6.45, 7) is 3.38. The van der Waals surface area contributed by atoms with E-state index in [-0.39, 0.29) is 29.0 Å². The molecule has 1 saturated heterocycles. The highest BCUT2D eigenvalue weighted by molar-refractivity contribution is 5.95. The van der Waals surface area contributed by atoms with Crippen molar-refractivity contribution in [3.8, 4) is 0 Å². The van der Waals surface area contributed by atoms with E-state index in [1.807, 2.05) is 17.6 Å². The Morgan fingerprint density at radius 1 is 1.33 bits per heavy atom. The molecular formula is C23H26FN3O3. The number of aromatic carboxylic acids is 1. The first-order valence-corrected chi connectivity index (χ1v) is 10.7. The van der Waals surface area contributed by atoms with Crippen LogP contribution in [0.15, 0.2) is 29.2 Å². The molecule has 0 spiro atoms. The second kappa shape index (κ2) is 6.94. The van der Waals surface area contributed by atoms with Crippen molar-refractivity contribution in [2.75, 3.05) is 18.0 Å². The van der Waals surface area contributed by atoms with Crippen molar-refractivity contribution in [3.05, 3.63) is 51.6 Å². The number of fused-ring (bicyclic) bond motifs is 2. The standard InChI is InChI=1S/C23H26FN3O3/c1-2-14-20-15(22(28)17(23(29)30)11-27(20)13-6-7-13)8-18(24)21(14)26-9-12-4-3-5-19(25)16(12)10-26/h3,5,8,11-13,16,19H,2,4,6-7,9-10,25H2,1H3,(H,29,30)/t12-,16+,19?/m1/s1. The number of hydrogen-bond donors (Lipinski definition) is 2. The van der Waals surface area contributed by atoms with E-state index in [9.17, 15) is 14.7 Å². The van der Waals surface area contributed by atoms with E-state index in [2.05, 4.69) is 11.0 Å². The Morgan fingerprint density at radius 3 is 2.73 bits per heavy atom. The van der Waals surface area contributed by atoms with Crippen LogP contribution in [0.1, 0.15) is 48.1 Å². The van der Waals surface area contributed by atoms with Crippen LogP contribution < -0.4 is 16.1 Å². The van der Waals surface area contributed by atoms with Gasteiger partial charge in [-0.25, -0.2) is 9.18 Å². The molecule has 1 aromatic heterocycles. The number of rotatable bonds is 4. The summed E-state index contributed by atoms with van der Waals surface area (Å²) in [5.41, 5.74) is 7.39. The highest BCUT2D eigenvalue weighted by Crippen LogP contribution is 2.42. The highest BCUT2D eigenvalue weighted by atomic mass is 19.1. The zero-order valence-corrected chi connectivity index (χ0v) is 17.0. The highest BCUT2D eigenvalue weighted by Gasteiger charge is 2.39. The third kappa shape index (κ3) is 2.87. The van der Waals surface area contributed by atoms with Gasteiger partial charge in [-0.2, -0.15) is 0 Å². The molecule has 1 aliphatic heterocycles. The first-order chi connectivity index (χ1) is 14.4. The lowest BCUT2D eigenvalue weighted by Crippen LogP contribution is -2.35. The van der Waals surface area contributed by atoms with E-state index in [1.165, 1.54) is 12.3 Å². The number of nitrogens with zero attached hydrogens (tertiary/aromatic N) is 2. The van der Waals surface area contributed by atoms with Crippen LogP contribution >= 0.6 is 0 Å². The lowest BCUT2D eigenvalue weighted by atomic mass is 9.83. The largest absolute Gasteiger partial charge is 0.477 e. The number of hydrogen-bond acceptors (Lipinski definition) is 4.